The highest BCUT2D eigenvalue weighted by molar-refractivity contribution is 6.16. The second-order valence-corrected chi connectivity index (χ2v) is 5.01. The summed E-state index contributed by atoms with van der Waals surface area (Å²) in [4.78, 5) is 21.9. The van der Waals surface area contributed by atoms with Crippen molar-refractivity contribution in [2.24, 2.45) is 0 Å². The summed E-state index contributed by atoms with van der Waals surface area (Å²) in [6, 6.07) is 1.80. The first-order chi connectivity index (χ1) is 9.54. The van der Waals surface area contributed by atoms with Crippen LogP contribution in [0.1, 0.15) is 11.4 Å². The number of halogens is 1. The standard InChI is InChI=1S/C13H18ClN5O/c1-9-4-5-15-12-11(9)17-10(8-14)19(12)7-6-16-13(20)18(2)3/h4-5H,6-8H2,1-3H3,(H,16,20). The van der Waals surface area contributed by atoms with Crippen LogP contribution in [0.5, 0.6) is 0 Å². The quantitative estimate of drug-likeness (QED) is 0.874. The van der Waals surface area contributed by atoms with Crippen LogP contribution in [-0.4, -0.2) is 46.1 Å². The number of imidazole rings is 1. The summed E-state index contributed by atoms with van der Waals surface area (Å²) in [6.07, 6.45) is 1.76. The van der Waals surface area contributed by atoms with E-state index >= 15 is 0 Å². The van der Waals surface area contributed by atoms with Gasteiger partial charge in [0, 0.05) is 33.4 Å². The molecule has 7 heteroatoms. The Morgan fingerprint density at radius 1 is 1.50 bits per heavy atom. The number of urea groups is 1. The van der Waals surface area contributed by atoms with Crippen molar-refractivity contribution in [2.75, 3.05) is 20.6 Å². The Hall–Kier alpha value is -1.82. The number of aryl methyl sites for hydroxylation is 1. The molecule has 0 aliphatic heterocycles. The molecule has 2 aromatic heterocycles. The second-order valence-electron chi connectivity index (χ2n) is 4.74. The first kappa shape index (κ1) is 14.6. The van der Waals surface area contributed by atoms with Crippen LogP contribution >= 0.6 is 11.6 Å². The van der Waals surface area contributed by atoms with Crippen molar-refractivity contribution >= 4 is 28.8 Å². The number of nitrogens with zero attached hydrogens (tertiary/aromatic N) is 4. The molecule has 0 aliphatic rings. The Morgan fingerprint density at radius 2 is 2.25 bits per heavy atom. The van der Waals surface area contributed by atoms with Crippen molar-refractivity contribution in [3.05, 3.63) is 23.7 Å². The van der Waals surface area contributed by atoms with Crippen LogP contribution in [0.2, 0.25) is 0 Å². The Bertz CT molecular complexity index is 622. The van der Waals surface area contributed by atoms with Crippen molar-refractivity contribution in [2.45, 2.75) is 19.3 Å². The molecule has 0 aromatic carbocycles. The lowest BCUT2D eigenvalue weighted by Gasteiger charge is -2.13. The smallest absolute Gasteiger partial charge is 0.316 e. The van der Waals surface area contributed by atoms with Crippen LogP contribution in [0.15, 0.2) is 12.3 Å². The average molecular weight is 296 g/mol. The number of nitrogens with one attached hydrogen (secondary N) is 1. The van der Waals surface area contributed by atoms with Gasteiger partial charge in [-0.15, -0.1) is 11.6 Å². The van der Waals surface area contributed by atoms with Gasteiger partial charge in [-0.1, -0.05) is 0 Å². The van der Waals surface area contributed by atoms with E-state index in [1.807, 2.05) is 17.6 Å². The summed E-state index contributed by atoms with van der Waals surface area (Å²) in [6.45, 7) is 3.09. The fourth-order valence-corrected chi connectivity index (χ4v) is 2.16. The van der Waals surface area contributed by atoms with Crippen molar-refractivity contribution in [1.29, 1.82) is 0 Å². The van der Waals surface area contributed by atoms with Gasteiger partial charge >= 0.3 is 6.03 Å². The Morgan fingerprint density at radius 3 is 2.90 bits per heavy atom. The molecule has 0 atom stereocenters. The van der Waals surface area contributed by atoms with Gasteiger partial charge < -0.3 is 14.8 Å². The van der Waals surface area contributed by atoms with Gasteiger partial charge in [-0.25, -0.2) is 14.8 Å². The van der Waals surface area contributed by atoms with Crippen molar-refractivity contribution < 1.29 is 4.79 Å². The fourth-order valence-electron chi connectivity index (χ4n) is 1.95. The largest absolute Gasteiger partial charge is 0.336 e. The third-order valence-electron chi connectivity index (χ3n) is 3.05. The SMILES string of the molecule is Cc1ccnc2c1nc(CCl)n2CCNC(=O)N(C)C. The van der Waals surface area contributed by atoms with Gasteiger partial charge in [0.25, 0.3) is 0 Å². The minimum Gasteiger partial charge on any atom is -0.336 e. The van der Waals surface area contributed by atoms with E-state index in [4.69, 9.17) is 11.6 Å². The number of hydrogen-bond donors (Lipinski definition) is 1. The molecule has 20 heavy (non-hydrogen) atoms. The number of carbonyl (C=O) groups is 1. The molecule has 0 bridgehead atoms. The summed E-state index contributed by atoms with van der Waals surface area (Å²) in [5.74, 6) is 1.08. The van der Waals surface area contributed by atoms with E-state index in [2.05, 4.69) is 15.3 Å². The van der Waals surface area contributed by atoms with Crippen LogP contribution < -0.4 is 5.32 Å². The normalized spacial score (nSPS) is 10.8. The summed E-state index contributed by atoms with van der Waals surface area (Å²) in [5, 5.41) is 2.82. The lowest BCUT2D eigenvalue weighted by atomic mass is 10.3. The molecule has 1 N–H and O–H groups in total. The zero-order chi connectivity index (χ0) is 14.7. The van der Waals surface area contributed by atoms with E-state index in [0.717, 1.165) is 22.6 Å². The first-order valence-corrected chi connectivity index (χ1v) is 6.90. The van der Waals surface area contributed by atoms with Crippen LogP contribution in [0.25, 0.3) is 11.2 Å². The van der Waals surface area contributed by atoms with E-state index in [1.165, 1.54) is 4.90 Å². The molecule has 0 fully saturated rings. The molecular formula is C13H18ClN5O. The molecular weight excluding hydrogens is 278 g/mol. The molecule has 2 amide bonds. The minimum absolute atomic E-state index is 0.119. The maximum atomic E-state index is 11.5. The highest BCUT2D eigenvalue weighted by Crippen LogP contribution is 2.18. The van der Waals surface area contributed by atoms with Crippen LogP contribution in [-0.2, 0) is 12.4 Å². The van der Waals surface area contributed by atoms with Crippen LogP contribution in [0, 0.1) is 6.92 Å². The molecule has 0 radical (unpaired) electrons. The summed E-state index contributed by atoms with van der Waals surface area (Å²) >= 11 is 5.94. The molecule has 0 saturated carbocycles. The predicted octanol–water partition coefficient (Wildman–Crippen LogP) is 1.75. The predicted molar refractivity (Wildman–Crippen MR) is 78.9 cm³/mol. The molecule has 0 spiro atoms. The van der Waals surface area contributed by atoms with Gasteiger partial charge in [0.2, 0.25) is 0 Å². The number of carbonyl (C=O) groups excluding carboxylic acids is 1. The number of pyridine rings is 1. The third-order valence-corrected chi connectivity index (χ3v) is 3.29. The maximum absolute atomic E-state index is 11.5. The van der Waals surface area contributed by atoms with Gasteiger partial charge in [0.15, 0.2) is 5.65 Å². The fraction of sp³-hybridized carbons (Fsp3) is 0.462. The Kier molecular flexibility index (Phi) is 4.44. The first-order valence-electron chi connectivity index (χ1n) is 6.36. The molecule has 2 rings (SSSR count). The number of rotatable bonds is 4. The number of alkyl halides is 1. The number of fused-ring (bicyclic) bond motifs is 1. The summed E-state index contributed by atoms with van der Waals surface area (Å²) in [5.41, 5.74) is 2.74. The third kappa shape index (κ3) is 2.85. The summed E-state index contributed by atoms with van der Waals surface area (Å²) in [7, 11) is 3.41. The van der Waals surface area contributed by atoms with Gasteiger partial charge in [-0.05, 0) is 18.6 Å². The van der Waals surface area contributed by atoms with Gasteiger partial charge in [-0.3, -0.25) is 0 Å². The molecule has 2 aromatic rings. The molecule has 2 heterocycles. The molecule has 0 aliphatic carbocycles. The van der Waals surface area contributed by atoms with Crippen molar-refractivity contribution in [3.8, 4) is 0 Å². The second kappa shape index (κ2) is 6.09. The van der Waals surface area contributed by atoms with E-state index in [0.29, 0.717) is 19.0 Å². The molecule has 6 nitrogen and oxygen atoms in total. The Labute approximate surface area is 122 Å². The number of amides is 2. The highest BCUT2D eigenvalue weighted by atomic mass is 35.5. The van der Waals surface area contributed by atoms with E-state index in [1.54, 1.807) is 20.3 Å². The number of aromatic nitrogens is 3. The van der Waals surface area contributed by atoms with Gasteiger partial charge in [0.05, 0.1) is 5.88 Å². The zero-order valence-corrected chi connectivity index (χ0v) is 12.6. The van der Waals surface area contributed by atoms with Gasteiger partial charge in [0.1, 0.15) is 11.3 Å². The Balaban J connectivity index is 2.20. The monoisotopic (exact) mass is 295 g/mol. The van der Waals surface area contributed by atoms with Crippen molar-refractivity contribution in [1.82, 2.24) is 24.8 Å². The highest BCUT2D eigenvalue weighted by Gasteiger charge is 2.12. The topological polar surface area (TPSA) is 63.1 Å². The average Bonchev–Trinajstić information content (AvgIpc) is 2.78. The van der Waals surface area contributed by atoms with Crippen LogP contribution in [0.4, 0.5) is 4.79 Å². The number of hydrogen-bond acceptors (Lipinski definition) is 3. The zero-order valence-electron chi connectivity index (χ0n) is 11.9. The minimum atomic E-state index is -0.119. The lowest BCUT2D eigenvalue weighted by Crippen LogP contribution is -2.36. The van der Waals surface area contributed by atoms with E-state index < -0.39 is 0 Å². The van der Waals surface area contributed by atoms with Gasteiger partial charge in [-0.2, -0.15) is 0 Å². The van der Waals surface area contributed by atoms with Crippen molar-refractivity contribution in [3.63, 3.8) is 0 Å². The van der Waals surface area contributed by atoms with E-state index in [-0.39, 0.29) is 6.03 Å². The van der Waals surface area contributed by atoms with Crippen LogP contribution in [0.3, 0.4) is 0 Å². The maximum Gasteiger partial charge on any atom is 0.316 e. The molecule has 108 valence electrons. The molecule has 0 saturated heterocycles. The van der Waals surface area contributed by atoms with E-state index in [9.17, 15) is 4.79 Å². The lowest BCUT2D eigenvalue weighted by molar-refractivity contribution is 0.217. The summed E-state index contributed by atoms with van der Waals surface area (Å²) < 4.78 is 1.95. The molecule has 0 unspecified atom stereocenters.